The number of morpholine rings is 1. The zero-order chi connectivity index (χ0) is 13.7. The van der Waals surface area contributed by atoms with Crippen molar-refractivity contribution in [2.24, 2.45) is 11.7 Å². The van der Waals surface area contributed by atoms with E-state index in [9.17, 15) is 9.59 Å². The van der Waals surface area contributed by atoms with Gasteiger partial charge in [0.25, 0.3) is 0 Å². The molecule has 0 bridgehead atoms. The summed E-state index contributed by atoms with van der Waals surface area (Å²) in [6.45, 7) is 7.35. The lowest BCUT2D eigenvalue weighted by Gasteiger charge is -2.33. The van der Waals surface area contributed by atoms with Crippen LogP contribution in [-0.2, 0) is 14.3 Å². The maximum absolute atomic E-state index is 11.9. The SMILES string of the molecule is CC(C)[C@H](N)C(=O)NCC(=O)N1CCOCC1C. The van der Waals surface area contributed by atoms with E-state index in [-0.39, 0.29) is 30.3 Å². The van der Waals surface area contributed by atoms with E-state index in [2.05, 4.69) is 5.32 Å². The molecular formula is C12H23N3O3. The average molecular weight is 257 g/mol. The van der Waals surface area contributed by atoms with Crippen LogP contribution in [0.5, 0.6) is 0 Å². The number of carbonyl (C=O) groups is 2. The molecule has 1 rings (SSSR count). The summed E-state index contributed by atoms with van der Waals surface area (Å²) in [7, 11) is 0. The van der Waals surface area contributed by atoms with Gasteiger partial charge >= 0.3 is 0 Å². The van der Waals surface area contributed by atoms with Gasteiger partial charge in [0.2, 0.25) is 11.8 Å². The number of rotatable bonds is 4. The van der Waals surface area contributed by atoms with Crippen LogP contribution in [0.3, 0.4) is 0 Å². The molecular weight excluding hydrogens is 234 g/mol. The molecule has 1 fully saturated rings. The first-order valence-corrected chi connectivity index (χ1v) is 6.34. The number of ether oxygens (including phenoxy) is 1. The maximum Gasteiger partial charge on any atom is 0.242 e. The third-order valence-corrected chi connectivity index (χ3v) is 3.12. The average Bonchev–Trinajstić information content (AvgIpc) is 2.35. The number of carbonyl (C=O) groups excluding carboxylic acids is 2. The lowest BCUT2D eigenvalue weighted by molar-refractivity contribution is -0.139. The van der Waals surface area contributed by atoms with Crippen molar-refractivity contribution >= 4 is 11.8 Å². The van der Waals surface area contributed by atoms with Crippen LogP contribution in [0, 0.1) is 5.92 Å². The molecule has 6 heteroatoms. The fourth-order valence-corrected chi connectivity index (χ4v) is 1.78. The van der Waals surface area contributed by atoms with Crippen molar-refractivity contribution in [1.29, 1.82) is 0 Å². The van der Waals surface area contributed by atoms with Crippen LogP contribution >= 0.6 is 0 Å². The lowest BCUT2D eigenvalue weighted by atomic mass is 10.1. The van der Waals surface area contributed by atoms with E-state index in [1.54, 1.807) is 4.90 Å². The Morgan fingerprint density at radius 3 is 2.72 bits per heavy atom. The smallest absolute Gasteiger partial charge is 0.242 e. The Balaban J connectivity index is 2.38. The zero-order valence-electron chi connectivity index (χ0n) is 11.3. The van der Waals surface area contributed by atoms with Crippen LogP contribution < -0.4 is 11.1 Å². The van der Waals surface area contributed by atoms with Crippen LogP contribution in [-0.4, -0.2) is 55.1 Å². The fourth-order valence-electron chi connectivity index (χ4n) is 1.78. The van der Waals surface area contributed by atoms with E-state index in [1.807, 2.05) is 20.8 Å². The molecule has 18 heavy (non-hydrogen) atoms. The highest BCUT2D eigenvalue weighted by atomic mass is 16.5. The Kier molecular flexibility index (Phi) is 5.55. The molecule has 1 aliphatic heterocycles. The van der Waals surface area contributed by atoms with Gasteiger partial charge in [-0.1, -0.05) is 13.8 Å². The predicted molar refractivity (Wildman–Crippen MR) is 67.8 cm³/mol. The van der Waals surface area contributed by atoms with E-state index in [4.69, 9.17) is 10.5 Å². The van der Waals surface area contributed by atoms with Crippen LogP contribution in [0.15, 0.2) is 0 Å². The van der Waals surface area contributed by atoms with Crippen LogP contribution in [0.1, 0.15) is 20.8 Å². The Bertz CT molecular complexity index is 307. The summed E-state index contributed by atoms with van der Waals surface area (Å²) in [5.74, 6) is -0.309. The third kappa shape index (κ3) is 3.96. The molecule has 1 saturated heterocycles. The van der Waals surface area contributed by atoms with Gasteiger partial charge in [-0.25, -0.2) is 0 Å². The van der Waals surface area contributed by atoms with Crippen molar-refractivity contribution in [2.75, 3.05) is 26.3 Å². The number of hydrogen-bond acceptors (Lipinski definition) is 4. The minimum Gasteiger partial charge on any atom is -0.377 e. The van der Waals surface area contributed by atoms with Crippen molar-refractivity contribution in [3.63, 3.8) is 0 Å². The number of hydrogen-bond donors (Lipinski definition) is 2. The number of nitrogens with two attached hydrogens (primary N) is 1. The first kappa shape index (κ1) is 14.9. The second-order valence-corrected chi connectivity index (χ2v) is 5.00. The van der Waals surface area contributed by atoms with Gasteiger partial charge in [-0.3, -0.25) is 9.59 Å². The molecule has 0 aliphatic carbocycles. The van der Waals surface area contributed by atoms with Gasteiger partial charge in [-0.2, -0.15) is 0 Å². The fraction of sp³-hybridized carbons (Fsp3) is 0.833. The highest BCUT2D eigenvalue weighted by Gasteiger charge is 2.24. The van der Waals surface area contributed by atoms with Crippen LogP contribution in [0.4, 0.5) is 0 Å². The Labute approximate surface area is 108 Å². The third-order valence-electron chi connectivity index (χ3n) is 3.12. The Hall–Kier alpha value is -1.14. The molecule has 0 spiro atoms. The van der Waals surface area contributed by atoms with Gasteiger partial charge in [-0.05, 0) is 12.8 Å². The van der Waals surface area contributed by atoms with E-state index in [1.165, 1.54) is 0 Å². The summed E-state index contributed by atoms with van der Waals surface area (Å²) >= 11 is 0. The molecule has 0 radical (unpaired) electrons. The van der Waals surface area contributed by atoms with Gasteiger partial charge in [-0.15, -0.1) is 0 Å². The lowest BCUT2D eigenvalue weighted by Crippen LogP contribution is -2.52. The van der Waals surface area contributed by atoms with Gasteiger partial charge < -0.3 is 20.7 Å². The molecule has 1 aliphatic rings. The first-order chi connectivity index (χ1) is 8.43. The van der Waals surface area contributed by atoms with Crippen molar-refractivity contribution in [1.82, 2.24) is 10.2 Å². The van der Waals surface area contributed by atoms with E-state index in [0.717, 1.165) is 0 Å². The summed E-state index contributed by atoms with van der Waals surface area (Å²) in [6.07, 6.45) is 0. The number of nitrogens with one attached hydrogen (secondary N) is 1. The van der Waals surface area contributed by atoms with Crippen molar-refractivity contribution < 1.29 is 14.3 Å². The van der Waals surface area contributed by atoms with E-state index in [0.29, 0.717) is 19.8 Å². The molecule has 0 saturated carbocycles. The molecule has 2 atom stereocenters. The molecule has 0 aromatic rings. The topological polar surface area (TPSA) is 84.7 Å². The molecule has 2 amide bonds. The standard InChI is InChI=1S/C12H23N3O3/c1-8(2)11(13)12(17)14-6-10(16)15-4-5-18-7-9(15)3/h8-9,11H,4-7,13H2,1-3H3,(H,14,17)/t9?,11-/m0/s1. The molecule has 1 heterocycles. The monoisotopic (exact) mass is 257 g/mol. The predicted octanol–water partition coefficient (Wildman–Crippen LogP) is -0.667. The molecule has 6 nitrogen and oxygen atoms in total. The number of nitrogens with zero attached hydrogens (tertiary/aromatic N) is 1. The van der Waals surface area contributed by atoms with Gasteiger partial charge in [0, 0.05) is 6.54 Å². The summed E-state index contributed by atoms with van der Waals surface area (Å²) in [4.78, 5) is 25.3. The van der Waals surface area contributed by atoms with Gasteiger partial charge in [0.15, 0.2) is 0 Å². The van der Waals surface area contributed by atoms with E-state index >= 15 is 0 Å². The second-order valence-electron chi connectivity index (χ2n) is 5.00. The van der Waals surface area contributed by atoms with Crippen molar-refractivity contribution in [3.05, 3.63) is 0 Å². The largest absolute Gasteiger partial charge is 0.377 e. The summed E-state index contributed by atoms with van der Waals surface area (Å²) in [5, 5.41) is 2.59. The normalized spacial score (nSPS) is 21.8. The molecule has 1 unspecified atom stereocenters. The Morgan fingerprint density at radius 2 is 2.17 bits per heavy atom. The van der Waals surface area contributed by atoms with Crippen LogP contribution in [0.25, 0.3) is 0 Å². The van der Waals surface area contributed by atoms with Gasteiger partial charge in [0.1, 0.15) is 0 Å². The second kappa shape index (κ2) is 6.70. The maximum atomic E-state index is 11.9. The zero-order valence-corrected chi connectivity index (χ0v) is 11.3. The highest BCUT2D eigenvalue weighted by molar-refractivity contribution is 5.87. The highest BCUT2D eigenvalue weighted by Crippen LogP contribution is 2.06. The minimum atomic E-state index is -0.570. The first-order valence-electron chi connectivity index (χ1n) is 6.34. The minimum absolute atomic E-state index is 0.00356. The summed E-state index contributed by atoms with van der Waals surface area (Å²) in [5.41, 5.74) is 5.70. The molecule has 0 aromatic carbocycles. The Morgan fingerprint density at radius 1 is 1.50 bits per heavy atom. The van der Waals surface area contributed by atoms with Crippen molar-refractivity contribution in [2.45, 2.75) is 32.9 Å². The van der Waals surface area contributed by atoms with E-state index < -0.39 is 6.04 Å². The molecule has 104 valence electrons. The molecule has 0 aromatic heterocycles. The summed E-state index contributed by atoms with van der Waals surface area (Å²) in [6, 6.07) is -0.512. The van der Waals surface area contributed by atoms with Gasteiger partial charge in [0.05, 0.1) is 31.8 Å². The van der Waals surface area contributed by atoms with Crippen molar-refractivity contribution in [3.8, 4) is 0 Å². The number of amides is 2. The molecule has 3 N–H and O–H groups in total. The quantitative estimate of drug-likeness (QED) is 0.700. The van der Waals surface area contributed by atoms with Crippen LogP contribution in [0.2, 0.25) is 0 Å². The summed E-state index contributed by atoms with van der Waals surface area (Å²) < 4.78 is 5.26.